The van der Waals surface area contributed by atoms with Crippen molar-refractivity contribution >= 4 is 33.3 Å². The summed E-state index contributed by atoms with van der Waals surface area (Å²) in [6.45, 7) is 5.87. The van der Waals surface area contributed by atoms with Crippen LogP contribution in [0, 0.1) is 6.92 Å². The van der Waals surface area contributed by atoms with Crippen molar-refractivity contribution in [2.75, 3.05) is 36.0 Å². The van der Waals surface area contributed by atoms with E-state index < -0.39 is 0 Å². The Balaban J connectivity index is 1.55. The predicted octanol–water partition coefficient (Wildman–Crippen LogP) is 1.45. The quantitative estimate of drug-likeness (QED) is 0.713. The van der Waals surface area contributed by atoms with Crippen LogP contribution in [0.4, 0.5) is 10.9 Å². The summed E-state index contributed by atoms with van der Waals surface area (Å²) in [6, 6.07) is 0. The van der Waals surface area contributed by atoms with Gasteiger partial charge in [-0.2, -0.15) is 5.10 Å². The van der Waals surface area contributed by atoms with Gasteiger partial charge in [-0.15, -0.1) is 11.3 Å². The molecule has 0 aromatic carbocycles. The van der Waals surface area contributed by atoms with E-state index in [0.717, 1.165) is 48.2 Å². The molecular weight excluding hydrogens is 298 g/mol. The smallest absolute Gasteiger partial charge is 0.185 e. The van der Waals surface area contributed by atoms with Crippen molar-refractivity contribution in [3.05, 3.63) is 23.6 Å². The molecule has 0 amide bonds. The highest BCUT2D eigenvalue weighted by Gasteiger charge is 2.22. The summed E-state index contributed by atoms with van der Waals surface area (Å²) in [7, 11) is 1.90. The Kier molecular flexibility index (Phi) is 3.18. The largest absolute Gasteiger partial charge is 0.352 e. The highest BCUT2D eigenvalue weighted by molar-refractivity contribution is 7.15. The number of aryl methyl sites for hydroxylation is 2. The van der Waals surface area contributed by atoms with E-state index in [1.165, 1.54) is 4.88 Å². The van der Waals surface area contributed by atoms with E-state index in [1.807, 2.05) is 19.4 Å². The maximum absolute atomic E-state index is 4.48. The first-order valence-corrected chi connectivity index (χ1v) is 8.09. The van der Waals surface area contributed by atoms with Crippen LogP contribution in [0.15, 0.2) is 18.7 Å². The van der Waals surface area contributed by atoms with Crippen molar-refractivity contribution in [1.82, 2.24) is 24.7 Å². The summed E-state index contributed by atoms with van der Waals surface area (Å²) in [5.74, 6) is 0.980. The number of rotatable bonds is 2. The SMILES string of the molecule is Cc1cnc(N2CCN(c3ncnc4c3cnn4C)CC2)s1. The molecule has 1 saturated heterocycles. The van der Waals surface area contributed by atoms with E-state index in [-0.39, 0.29) is 0 Å². The van der Waals surface area contributed by atoms with Gasteiger partial charge in [0, 0.05) is 44.3 Å². The lowest BCUT2D eigenvalue weighted by Gasteiger charge is -2.35. The summed E-state index contributed by atoms with van der Waals surface area (Å²) in [6.07, 6.45) is 5.41. The number of hydrogen-bond acceptors (Lipinski definition) is 7. The molecule has 8 heteroatoms. The second kappa shape index (κ2) is 5.20. The predicted molar refractivity (Wildman–Crippen MR) is 87.6 cm³/mol. The number of piperazine rings is 1. The van der Waals surface area contributed by atoms with Crippen molar-refractivity contribution < 1.29 is 0 Å². The number of anilines is 2. The summed E-state index contributed by atoms with van der Waals surface area (Å²) >= 11 is 1.75. The maximum Gasteiger partial charge on any atom is 0.185 e. The Morgan fingerprint density at radius 2 is 1.77 bits per heavy atom. The Hall–Kier alpha value is -2.22. The van der Waals surface area contributed by atoms with Gasteiger partial charge >= 0.3 is 0 Å². The number of nitrogens with zero attached hydrogens (tertiary/aromatic N) is 7. The highest BCUT2D eigenvalue weighted by Crippen LogP contribution is 2.26. The van der Waals surface area contributed by atoms with Gasteiger partial charge < -0.3 is 9.80 Å². The van der Waals surface area contributed by atoms with Crippen molar-refractivity contribution in [2.45, 2.75) is 6.92 Å². The number of thiazole rings is 1. The molecule has 1 fully saturated rings. The molecule has 0 N–H and O–H groups in total. The minimum absolute atomic E-state index is 0.878. The zero-order valence-electron chi connectivity index (χ0n) is 12.6. The van der Waals surface area contributed by atoms with Gasteiger partial charge in [0.25, 0.3) is 0 Å². The molecule has 4 rings (SSSR count). The molecule has 1 aliphatic heterocycles. The Morgan fingerprint density at radius 1 is 1.00 bits per heavy atom. The Bertz CT molecular complexity index is 800. The van der Waals surface area contributed by atoms with E-state index in [9.17, 15) is 0 Å². The molecule has 0 saturated carbocycles. The third-order valence-electron chi connectivity index (χ3n) is 3.97. The first-order valence-electron chi connectivity index (χ1n) is 7.27. The van der Waals surface area contributed by atoms with Gasteiger partial charge in [0.1, 0.15) is 12.1 Å². The molecule has 0 spiro atoms. The normalized spacial score (nSPS) is 15.7. The van der Waals surface area contributed by atoms with Crippen LogP contribution >= 0.6 is 11.3 Å². The number of hydrogen-bond donors (Lipinski definition) is 0. The Morgan fingerprint density at radius 3 is 2.50 bits per heavy atom. The topological polar surface area (TPSA) is 63.0 Å². The van der Waals surface area contributed by atoms with Gasteiger partial charge in [0.15, 0.2) is 10.8 Å². The van der Waals surface area contributed by atoms with Crippen LogP contribution in [0.3, 0.4) is 0 Å². The highest BCUT2D eigenvalue weighted by atomic mass is 32.1. The fraction of sp³-hybridized carbons (Fsp3) is 0.429. The van der Waals surface area contributed by atoms with E-state index in [0.29, 0.717) is 0 Å². The maximum atomic E-state index is 4.48. The minimum Gasteiger partial charge on any atom is -0.352 e. The summed E-state index contributed by atoms with van der Waals surface area (Å²) < 4.78 is 1.79. The molecule has 0 atom stereocenters. The molecule has 3 aromatic heterocycles. The standard InChI is InChI=1S/C14H17N7S/c1-10-7-15-14(22-10)21-5-3-20(4-6-21)13-11-8-18-19(2)12(11)16-9-17-13/h7-9H,3-6H2,1-2H3. The van der Waals surface area contributed by atoms with Crippen LogP contribution in [0.25, 0.3) is 11.0 Å². The second-order valence-corrected chi connectivity index (χ2v) is 6.64. The molecule has 114 valence electrons. The first-order chi connectivity index (χ1) is 10.7. The average Bonchev–Trinajstić information content (AvgIpc) is 3.14. The fourth-order valence-corrected chi connectivity index (χ4v) is 3.61. The molecule has 0 aliphatic carbocycles. The zero-order chi connectivity index (χ0) is 15.1. The monoisotopic (exact) mass is 315 g/mol. The third kappa shape index (κ3) is 2.19. The van der Waals surface area contributed by atoms with Gasteiger partial charge in [0.05, 0.1) is 11.6 Å². The van der Waals surface area contributed by atoms with Gasteiger partial charge in [-0.25, -0.2) is 15.0 Å². The van der Waals surface area contributed by atoms with Gasteiger partial charge in [-0.1, -0.05) is 0 Å². The van der Waals surface area contributed by atoms with E-state index in [2.05, 4.69) is 36.8 Å². The third-order valence-corrected chi connectivity index (χ3v) is 4.94. The van der Waals surface area contributed by atoms with E-state index >= 15 is 0 Å². The van der Waals surface area contributed by atoms with Crippen molar-refractivity contribution in [2.24, 2.45) is 7.05 Å². The van der Waals surface area contributed by atoms with Gasteiger partial charge in [-0.05, 0) is 6.92 Å². The molecular formula is C14H17N7S. The van der Waals surface area contributed by atoms with Crippen LogP contribution in [-0.4, -0.2) is 50.9 Å². The van der Waals surface area contributed by atoms with Crippen molar-refractivity contribution in [3.63, 3.8) is 0 Å². The second-order valence-electron chi connectivity index (χ2n) is 5.43. The lowest BCUT2D eigenvalue weighted by molar-refractivity contribution is 0.647. The van der Waals surface area contributed by atoms with Crippen LogP contribution in [-0.2, 0) is 7.05 Å². The lowest BCUT2D eigenvalue weighted by atomic mass is 10.3. The molecule has 0 unspecified atom stereocenters. The van der Waals surface area contributed by atoms with Crippen molar-refractivity contribution in [1.29, 1.82) is 0 Å². The number of aromatic nitrogens is 5. The molecule has 4 heterocycles. The van der Waals surface area contributed by atoms with Crippen LogP contribution < -0.4 is 9.80 Å². The molecule has 0 radical (unpaired) electrons. The molecule has 3 aromatic rings. The van der Waals surface area contributed by atoms with Crippen molar-refractivity contribution in [3.8, 4) is 0 Å². The summed E-state index contributed by atoms with van der Waals surface area (Å²) in [5, 5.41) is 6.42. The van der Waals surface area contributed by atoms with Gasteiger partial charge in [0.2, 0.25) is 0 Å². The van der Waals surface area contributed by atoms with Gasteiger partial charge in [-0.3, -0.25) is 4.68 Å². The van der Waals surface area contributed by atoms with Crippen LogP contribution in [0.2, 0.25) is 0 Å². The molecule has 0 bridgehead atoms. The lowest BCUT2D eigenvalue weighted by Crippen LogP contribution is -2.46. The molecule has 7 nitrogen and oxygen atoms in total. The average molecular weight is 315 g/mol. The molecule has 22 heavy (non-hydrogen) atoms. The number of fused-ring (bicyclic) bond motifs is 1. The van der Waals surface area contributed by atoms with E-state index in [4.69, 9.17) is 0 Å². The van der Waals surface area contributed by atoms with Crippen LogP contribution in [0.5, 0.6) is 0 Å². The molecule has 1 aliphatic rings. The fourth-order valence-electron chi connectivity index (χ4n) is 2.80. The summed E-state index contributed by atoms with van der Waals surface area (Å²) in [5.41, 5.74) is 0.878. The first kappa shape index (κ1) is 13.4. The summed E-state index contributed by atoms with van der Waals surface area (Å²) in [4.78, 5) is 19.2. The van der Waals surface area contributed by atoms with E-state index in [1.54, 1.807) is 22.3 Å². The minimum atomic E-state index is 0.878. The zero-order valence-corrected chi connectivity index (χ0v) is 13.4. The van der Waals surface area contributed by atoms with Crippen LogP contribution in [0.1, 0.15) is 4.88 Å². The Labute approximate surface area is 132 Å².